The number of nitrogens with zero attached hydrogens (tertiary/aromatic N) is 2. The maximum atomic E-state index is 13.5. The Morgan fingerprint density at radius 2 is 1.68 bits per heavy atom. The first-order chi connectivity index (χ1) is 19.9. The highest BCUT2D eigenvalue weighted by atomic mass is 16.3. The van der Waals surface area contributed by atoms with Crippen molar-refractivity contribution in [3.05, 3.63) is 94.1 Å². The monoisotopic (exact) mass is 550 g/mol. The van der Waals surface area contributed by atoms with Gasteiger partial charge in [0.25, 0.3) is 5.91 Å². The number of benzene rings is 2. The highest BCUT2D eigenvalue weighted by molar-refractivity contribution is 5.94. The molecule has 0 bridgehead atoms. The number of aliphatic hydroxyl groups is 1. The number of hydrogen-bond donors (Lipinski definition) is 1. The number of fused-ring (bicyclic) bond motifs is 4. The Balaban J connectivity index is 1.11. The molecule has 3 fully saturated rings. The van der Waals surface area contributed by atoms with E-state index in [-0.39, 0.29) is 29.1 Å². The first-order valence-electron chi connectivity index (χ1n) is 15.7. The van der Waals surface area contributed by atoms with Crippen molar-refractivity contribution in [3.63, 3.8) is 0 Å². The van der Waals surface area contributed by atoms with Gasteiger partial charge < -0.3 is 10.0 Å². The molecule has 2 aromatic rings. The van der Waals surface area contributed by atoms with Crippen LogP contribution in [0.2, 0.25) is 0 Å². The molecule has 1 saturated heterocycles. The van der Waals surface area contributed by atoms with Crippen LogP contribution in [0, 0.1) is 17.3 Å². The summed E-state index contributed by atoms with van der Waals surface area (Å²) < 4.78 is 0. The van der Waals surface area contributed by atoms with Crippen LogP contribution in [0.15, 0.2) is 77.4 Å². The summed E-state index contributed by atoms with van der Waals surface area (Å²) in [5, 5.41) is 11.1. The van der Waals surface area contributed by atoms with E-state index in [2.05, 4.69) is 48.2 Å². The second kappa shape index (κ2) is 10.7. The third-order valence-corrected chi connectivity index (χ3v) is 11.1. The van der Waals surface area contributed by atoms with Crippen LogP contribution in [0.5, 0.6) is 0 Å². The summed E-state index contributed by atoms with van der Waals surface area (Å²) in [7, 11) is 0. The Labute approximate surface area is 243 Å². The van der Waals surface area contributed by atoms with Crippen LogP contribution >= 0.6 is 0 Å². The van der Waals surface area contributed by atoms with Crippen molar-refractivity contribution < 1.29 is 14.7 Å². The van der Waals surface area contributed by atoms with E-state index in [1.54, 1.807) is 5.57 Å². The molecule has 5 atom stereocenters. The molecule has 7 rings (SSSR count). The van der Waals surface area contributed by atoms with E-state index < -0.39 is 0 Å². The molecule has 214 valence electrons. The Morgan fingerprint density at radius 3 is 2.44 bits per heavy atom. The van der Waals surface area contributed by atoms with Crippen LogP contribution in [-0.2, 0) is 11.3 Å². The van der Waals surface area contributed by atoms with E-state index in [4.69, 9.17) is 0 Å². The topological polar surface area (TPSA) is 60.9 Å². The van der Waals surface area contributed by atoms with E-state index in [9.17, 15) is 14.7 Å². The minimum absolute atomic E-state index is 0.0843. The van der Waals surface area contributed by atoms with Gasteiger partial charge in [-0.25, -0.2) is 0 Å². The highest BCUT2D eigenvalue weighted by Crippen LogP contribution is 2.63. The maximum absolute atomic E-state index is 13.5. The quantitative estimate of drug-likeness (QED) is 0.515. The summed E-state index contributed by atoms with van der Waals surface area (Å²) in [5.74, 6) is 1.60. The number of carbonyl (C=O) groups excluding carboxylic acids is 2. The summed E-state index contributed by atoms with van der Waals surface area (Å²) in [4.78, 5) is 30.2. The largest absolute Gasteiger partial charge is 0.393 e. The number of ketones is 1. The molecule has 1 heterocycles. The lowest BCUT2D eigenvalue weighted by Crippen LogP contribution is -2.48. The fourth-order valence-electron chi connectivity index (χ4n) is 8.92. The van der Waals surface area contributed by atoms with Crippen molar-refractivity contribution in [1.82, 2.24) is 9.80 Å². The summed E-state index contributed by atoms with van der Waals surface area (Å²) in [5.41, 5.74) is 7.47. The van der Waals surface area contributed by atoms with E-state index in [1.165, 1.54) is 22.3 Å². The minimum atomic E-state index is -0.257. The van der Waals surface area contributed by atoms with Crippen LogP contribution in [0.25, 0.3) is 0 Å². The molecule has 2 aromatic carbocycles. The smallest absolute Gasteiger partial charge is 0.253 e. The first-order valence-corrected chi connectivity index (χ1v) is 15.7. The Bertz CT molecular complexity index is 1390. The standard InChI is InChI=1S/C36H42N2O3/c1-36-22-31(34-29-14-12-28(39)21-27(29)11-13-30(34)32(36)15-16-33(36)40)25-7-9-26(10-8-25)35(41)38-19-17-37(18-20-38)23-24-5-3-2-4-6-24/h2-10,21,30-33,40H,11-20,22-23H2,1H3. The van der Waals surface area contributed by atoms with E-state index in [0.717, 1.165) is 76.8 Å². The van der Waals surface area contributed by atoms with Gasteiger partial charge in [0.1, 0.15) is 0 Å². The van der Waals surface area contributed by atoms with Crippen LogP contribution < -0.4 is 0 Å². The van der Waals surface area contributed by atoms with E-state index in [1.807, 2.05) is 29.2 Å². The summed E-state index contributed by atoms with van der Waals surface area (Å²) in [6.07, 6.45) is 8.10. The highest BCUT2D eigenvalue weighted by Gasteiger charge is 2.56. The zero-order valence-electron chi connectivity index (χ0n) is 24.2. The van der Waals surface area contributed by atoms with Gasteiger partial charge >= 0.3 is 0 Å². The van der Waals surface area contributed by atoms with Crippen LogP contribution in [0.1, 0.15) is 79.3 Å². The van der Waals surface area contributed by atoms with Gasteiger partial charge in [0.2, 0.25) is 0 Å². The van der Waals surface area contributed by atoms with Gasteiger partial charge in [-0.15, -0.1) is 0 Å². The Hall–Kier alpha value is -3.02. The number of aliphatic hydroxyl groups excluding tert-OH is 1. The van der Waals surface area contributed by atoms with Crippen LogP contribution in [0.4, 0.5) is 0 Å². The van der Waals surface area contributed by atoms with E-state index in [0.29, 0.717) is 18.3 Å². The van der Waals surface area contributed by atoms with Crippen molar-refractivity contribution in [2.45, 2.75) is 70.4 Å². The molecule has 5 heteroatoms. The van der Waals surface area contributed by atoms with Gasteiger partial charge in [0, 0.05) is 50.6 Å². The molecule has 1 N–H and O–H groups in total. The second-order valence-corrected chi connectivity index (χ2v) is 13.4. The van der Waals surface area contributed by atoms with Crippen molar-refractivity contribution in [1.29, 1.82) is 0 Å². The zero-order valence-corrected chi connectivity index (χ0v) is 24.2. The first kappa shape index (κ1) is 26.9. The fraction of sp³-hybridized carbons (Fsp3) is 0.500. The molecule has 1 amide bonds. The molecular formula is C36H42N2O3. The number of allylic oxidation sites excluding steroid dienone is 4. The van der Waals surface area contributed by atoms with E-state index >= 15 is 0 Å². The lowest BCUT2D eigenvalue weighted by molar-refractivity contribution is -0.114. The molecule has 41 heavy (non-hydrogen) atoms. The number of amides is 1. The summed E-state index contributed by atoms with van der Waals surface area (Å²) in [6.45, 7) is 6.52. The molecule has 4 aliphatic carbocycles. The van der Waals surface area contributed by atoms with Crippen LogP contribution in [0.3, 0.4) is 0 Å². The van der Waals surface area contributed by atoms with Gasteiger partial charge in [0.15, 0.2) is 5.78 Å². The molecule has 5 nitrogen and oxygen atoms in total. The van der Waals surface area contributed by atoms with Gasteiger partial charge in [-0.3, -0.25) is 14.5 Å². The fourth-order valence-corrected chi connectivity index (χ4v) is 8.92. The van der Waals surface area contributed by atoms with Crippen molar-refractivity contribution in [2.75, 3.05) is 26.2 Å². The van der Waals surface area contributed by atoms with Gasteiger partial charge in [0.05, 0.1) is 6.10 Å². The average Bonchev–Trinajstić information content (AvgIpc) is 3.30. The molecule has 0 spiro atoms. The third kappa shape index (κ3) is 4.81. The SMILES string of the molecule is CC12CC(c3ccc(C(=O)N4CCN(Cc5ccccc5)CC4)cc3)C3=C4CCC(=O)C=C4CCC3C1CCC2O. The molecular weight excluding hydrogens is 508 g/mol. The molecule has 5 aliphatic rings. The number of carbonyl (C=O) groups is 2. The molecule has 5 unspecified atom stereocenters. The Morgan fingerprint density at radius 1 is 0.927 bits per heavy atom. The Kier molecular flexibility index (Phi) is 6.99. The predicted octanol–water partition coefficient (Wildman–Crippen LogP) is 5.91. The van der Waals surface area contributed by atoms with Gasteiger partial charge in [-0.05, 0) is 96.3 Å². The van der Waals surface area contributed by atoms with Gasteiger partial charge in [-0.1, -0.05) is 55.0 Å². The van der Waals surface area contributed by atoms with Crippen molar-refractivity contribution in [3.8, 4) is 0 Å². The molecule has 2 saturated carbocycles. The summed E-state index contributed by atoms with van der Waals surface area (Å²) in [6, 6.07) is 18.9. The zero-order chi connectivity index (χ0) is 28.1. The molecule has 0 aromatic heterocycles. The van der Waals surface area contributed by atoms with Gasteiger partial charge in [-0.2, -0.15) is 0 Å². The lowest BCUT2D eigenvalue weighted by atomic mass is 9.53. The van der Waals surface area contributed by atoms with Crippen molar-refractivity contribution >= 4 is 11.7 Å². The van der Waals surface area contributed by atoms with Crippen LogP contribution in [-0.4, -0.2) is 58.9 Å². The molecule has 1 aliphatic heterocycles. The summed E-state index contributed by atoms with van der Waals surface area (Å²) >= 11 is 0. The number of piperazine rings is 1. The lowest BCUT2D eigenvalue weighted by Gasteiger charge is -2.52. The van der Waals surface area contributed by atoms with Crippen molar-refractivity contribution in [2.24, 2.45) is 17.3 Å². The average molecular weight is 551 g/mol. The predicted molar refractivity (Wildman–Crippen MR) is 160 cm³/mol. The normalized spacial score (nSPS) is 31.8. The maximum Gasteiger partial charge on any atom is 0.253 e. The third-order valence-electron chi connectivity index (χ3n) is 11.1. The second-order valence-electron chi connectivity index (χ2n) is 13.4. The number of hydrogen-bond acceptors (Lipinski definition) is 4. The molecule has 0 radical (unpaired) electrons. The number of rotatable bonds is 4. The minimum Gasteiger partial charge on any atom is -0.393 e.